The molecule has 1 aliphatic carbocycles. The van der Waals surface area contributed by atoms with Crippen LogP contribution in [0.25, 0.3) is 0 Å². The maximum atomic E-state index is 10.9. The normalized spacial score (nSPS) is 24.3. The third-order valence-corrected chi connectivity index (χ3v) is 3.62. The predicted molar refractivity (Wildman–Crippen MR) is 68.2 cm³/mol. The third-order valence-electron chi connectivity index (χ3n) is 3.09. The van der Waals surface area contributed by atoms with E-state index in [-0.39, 0.29) is 12.0 Å². The van der Waals surface area contributed by atoms with E-state index in [1.807, 2.05) is 24.3 Å². The highest BCUT2D eigenvalue weighted by atomic mass is 79.9. The van der Waals surface area contributed by atoms with Crippen LogP contribution in [0, 0.1) is 5.92 Å². The monoisotopic (exact) mass is 298 g/mol. The first-order chi connectivity index (χ1) is 8.15. The molecule has 3 nitrogen and oxygen atoms in total. The molecular formula is C13H15BrO3. The second-order valence-electron chi connectivity index (χ2n) is 4.40. The first-order valence-corrected chi connectivity index (χ1v) is 6.59. The van der Waals surface area contributed by atoms with Crippen molar-refractivity contribution in [1.29, 1.82) is 0 Å². The second-order valence-corrected chi connectivity index (χ2v) is 5.31. The smallest absolute Gasteiger partial charge is 0.306 e. The summed E-state index contributed by atoms with van der Waals surface area (Å²) < 4.78 is 6.82. The maximum Gasteiger partial charge on any atom is 0.306 e. The minimum absolute atomic E-state index is 0.0334. The van der Waals surface area contributed by atoms with Crippen molar-refractivity contribution in [3.63, 3.8) is 0 Å². The van der Waals surface area contributed by atoms with Crippen LogP contribution in [-0.2, 0) is 4.79 Å². The van der Waals surface area contributed by atoms with Crippen molar-refractivity contribution < 1.29 is 14.6 Å². The Morgan fingerprint density at radius 1 is 1.29 bits per heavy atom. The zero-order chi connectivity index (χ0) is 12.3. The van der Waals surface area contributed by atoms with E-state index in [2.05, 4.69) is 15.9 Å². The van der Waals surface area contributed by atoms with Gasteiger partial charge in [-0.1, -0.05) is 15.9 Å². The van der Waals surface area contributed by atoms with Gasteiger partial charge in [0.15, 0.2) is 0 Å². The molecule has 17 heavy (non-hydrogen) atoms. The average Bonchev–Trinajstić information content (AvgIpc) is 2.32. The number of hydrogen-bond donors (Lipinski definition) is 1. The summed E-state index contributed by atoms with van der Waals surface area (Å²) >= 11 is 3.37. The van der Waals surface area contributed by atoms with Crippen molar-refractivity contribution in [3.05, 3.63) is 28.7 Å². The molecule has 0 aliphatic heterocycles. The molecule has 1 fully saturated rings. The number of carboxylic acids is 1. The summed E-state index contributed by atoms with van der Waals surface area (Å²) in [6, 6.07) is 7.64. The van der Waals surface area contributed by atoms with Gasteiger partial charge in [0.2, 0.25) is 0 Å². The highest BCUT2D eigenvalue weighted by Gasteiger charge is 2.27. The molecular weight excluding hydrogens is 284 g/mol. The minimum Gasteiger partial charge on any atom is -0.490 e. The van der Waals surface area contributed by atoms with Gasteiger partial charge in [0.1, 0.15) is 5.75 Å². The highest BCUT2D eigenvalue weighted by Crippen LogP contribution is 2.28. The average molecular weight is 299 g/mol. The highest BCUT2D eigenvalue weighted by molar-refractivity contribution is 9.10. The van der Waals surface area contributed by atoms with E-state index >= 15 is 0 Å². The molecule has 1 unspecified atom stereocenters. The molecule has 0 saturated heterocycles. The first-order valence-electron chi connectivity index (χ1n) is 5.80. The van der Waals surface area contributed by atoms with Gasteiger partial charge in [0.05, 0.1) is 12.0 Å². The molecule has 0 bridgehead atoms. The summed E-state index contributed by atoms with van der Waals surface area (Å²) in [5, 5.41) is 9.00. The number of rotatable bonds is 3. The first kappa shape index (κ1) is 12.4. The quantitative estimate of drug-likeness (QED) is 0.929. The molecule has 92 valence electrons. The van der Waals surface area contributed by atoms with E-state index in [0.717, 1.165) is 29.5 Å². The molecule has 0 aromatic heterocycles. The lowest BCUT2D eigenvalue weighted by molar-refractivity contribution is -0.143. The van der Waals surface area contributed by atoms with Gasteiger partial charge in [-0.05, 0) is 49.9 Å². The minimum atomic E-state index is -0.700. The van der Waals surface area contributed by atoms with E-state index in [9.17, 15) is 4.79 Å². The van der Waals surface area contributed by atoms with E-state index in [0.29, 0.717) is 6.42 Å². The Morgan fingerprint density at radius 3 is 2.65 bits per heavy atom. The fraction of sp³-hybridized carbons (Fsp3) is 0.462. The van der Waals surface area contributed by atoms with Crippen LogP contribution in [0.15, 0.2) is 28.7 Å². The number of aliphatic carboxylic acids is 1. The van der Waals surface area contributed by atoms with Crippen LogP contribution in [0.3, 0.4) is 0 Å². The molecule has 1 aromatic carbocycles. The number of benzene rings is 1. The molecule has 4 heteroatoms. The zero-order valence-corrected chi connectivity index (χ0v) is 11.0. The Labute approximate surface area is 109 Å². The summed E-state index contributed by atoms with van der Waals surface area (Å²) in [5.41, 5.74) is 0. The topological polar surface area (TPSA) is 46.5 Å². The Bertz CT molecular complexity index is 388. The van der Waals surface area contributed by atoms with Gasteiger partial charge in [-0.3, -0.25) is 4.79 Å². The predicted octanol–water partition coefficient (Wildman–Crippen LogP) is 3.47. The van der Waals surface area contributed by atoms with Gasteiger partial charge in [-0.25, -0.2) is 0 Å². The molecule has 0 amide bonds. The van der Waals surface area contributed by atoms with Crippen LogP contribution in [0.1, 0.15) is 25.7 Å². The maximum absolute atomic E-state index is 10.9. The molecule has 2 rings (SSSR count). The number of halogens is 1. The Hall–Kier alpha value is -1.03. The van der Waals surface area contributed by atoms with Gasteiger partial charge < -0.3 is 9.84 Å². The van der Waals surface area contributed by atoms with E-state index < -0.39 is 5.97 Å². The Morgan fingerprint density at radius 2 is 2.00 bits per heavy atom. The van der Waals surface area contributed by atoms with Crippen molar-refractivity contribution >= 4 is 21.9 Å². The van der Waals surface area contributed by atoms with Crippen molar-refractivity contribution in [2.24, 2.45) is 5.92 Å². The third kappa shape index (κ3) is 3.46. The lowest BCUT2D eigenvalue weighted by atomic mass is 9.87. The molecule has 1 N–H and O–H groups in total. The fourth-order valence-corrected chi connectivity index (χ4v) is 2.45. The van der Waals surface area contributed by atoms with Gasteiger partial charge in [0, 0.05) is 4.47 Å². The van der Waals surface area contributed by atoms with Crippen LogP contribution in [0.2, 0.25) is 0 Å². The molecule has 0 heterocycles. The van der Waals surface area contributed by atoms with Crippen LogP contribution >= 0.6 is 15.9 Å². The van der Waals surface area contributed by atoms with Crippen LogP contribution in [-0.4, -0.2) is 17.2 Å². The van der Waals surface area contributed by atoms with Crippen LogP contribution in [0.4, 0.5) is 0 Å². The van der Waals surface area contributed by atoms with Gasteiger partial charge >= 0.3 is 5.97 Å². The lowest BCUT2D eigenvalue weighted by Crippen LogP contribution is -2.29. The fourth-order valence-electron chi connectivity index (χ4n) is 2.18. The van der Waals surface area contributed by atoms with Crippen LogP contribution in [0.5, 0.6) is 5.75 Å². The number of carboxylic acid groups (broad SMARTS) is 1. The molecule has 2 atom stereocenters. The number of ether oxygens (including phenoxy) is 1. The van der Waals surface area contributed by atoms with Crippen molar-refractivity contribution in [1.82, 2.24) is 0 Å². The molecule has 0 radical (unpaired) electrons. The summed E-state index contributed by atoms with van der Waals surface area (Å²) in [4.78, 5) is 10.9. The molecule has 1 aliphatic rings. The number of carbonyl (C=O) groups is 1. The summed E-state index contributed by atoms with van der Waals surface area (Å²) in [6.45, 7) is 0. The van der Waals surface area contributed by atoms with Crippen molar-refractivity contribution in [2.45, 2.75) is 31.8 Å². The lowest BCUT2D eigenvalue weighted by Gasteiger charge is -2.27. The second kappa shape index (κ2) is 5.54. The summed E-state index contributed by atoms with van der Waals surface area (Å²) in [6.07, 6.45) is 3.30. The van der Waals surface area contributed by atoms with E-state index in [4.69, 9.17) is 9.84 Å². The van der Waals surface area contributed by atoms with Crippen molar-refractivity contribution in [3.8, 4) is 5.75 Å². The van der Waals surface area contributed by atoms with Crippen molar-refractivity contribution in [2.75, 3.05) is 0 Å². The standard InChI is InChI=1S/C13H15BrO3/c14-10-4-6-11(7-5-10)17-12-3-1-2-9(8-12)13(15)16/h4-7,9,12H,1-3,8H2,(H,15,16)/t9-,12?/m0/s1. The van der Waals surface area contributed by atoms with Gasteiger partial charge in [-0.15, -0.1) is 0 Å². The largest absolute Gasteiger partial charge is 0.490 e. The molecule has 1 saturated carbocycles. The van der Waals surface area contributed by atoms with Crippen LogP contribution < -0.4 is 4.74 Å². The Kier molecular flexibility index (Phi) is 4.05. The SMILES string of the molecule is O=C(O)[C@H]1CCCC(Oc2ccc(Br)cc2)C1. The summed E-state index contributed by atoms with van der Waals surface area (Å²) in [7, 11) is 0. The van der Waals surface area contributed by atoms with Gasteiger partial charge in [-0.2, -0.15) is 0 Å². The van der Waals surface area contributed by atoms with Gasteiger partial charge in [0.25, 0.3) is 0 Å². The Balaban J connectivity index is 1.94. The zero-order valence-electron chi connectivity index (χ0n) is 9.43. The molecule has 1 aromatic rings. The summed E-state index contributed by atoms with van der Waals surface area (Å²) in [5.74, 6) is -0.137. The van der Waals surface area contributed by atoms with E-state index in [1.165, 1.54) is 0 Å². The number of hydrogen-bond acceptors (Lipinski definition) is 2. The van der Waals surface area contributed by atoms with E-state index in [1.54, 1.807) is 0 Å². The molecule has 0 spiro atoms.